The lowest BCUT2D eigenvalue weighted by molar-refractivity contribution is -0.165. The summed E-state index contributed by atoms with van der Waals surface area (Å²) in [5.74, 6) is 3.11. The minimum absolute atomic E-state index is 0. The fourth-order valence-electron chi connectivity index (χ4n) is 4.21. The normalized spacial score (nSPS) is 14.6. The van der Waals surface area contributed by atoms with Crippen molar-refractivity contribution in [2.75, 3.05) is 10.4 Å². The monoisotopic (exact) mass is 792 g/mol. The third-order valence-electron chi connectivity index (χ3n) is 6.71. The number of ketones is 1. The number of carbonyl (C=O) groups excluding carboxylic acids is 1. The van der Waals surface area contributed by atoms with Gasteiger partial charge >= 0.3 is 12.4 Å². The predicted molar refractivity (Wildman–Crippen MR) is 187 cm³/mol. The quantitative estimate of drug-likeness (QED) is 0.0750. The largest absolute Gasteiger partial charge is 0.454 e. The van der Waals surface area contributed by atoms with Crippen LogP contribution in [0.15, 0.2) is 130 Å². The Bertz CT molecular complexity index is 2050. The molecule has 4 aromatic rings. The fourth-order valence-corrected chi connectivity index (χ4v) is 5.24. The van der Waals surface area contributed by atoms with Gasteiger partial charge in [-0.25, -0.2) is 27.1 Å². The molecule has 0 aliphatic carbocycles. The van der Waals surface area contributed by atoms with Gasteiger partial charge in [-0.15, -0.1) is 12.4 Å². The molecule has 0 bridgehead atoms. The van der Waals surface area contributed by atoms with E-state index in [1.165, 1.54) is 41.4 Å². The molecule has 5 rings (SSSR count). The summed E-state index contributed by atoms with van der Waals surface area (Å²) in [4.78, 5) is 10.3. The van der Waals surface area contributed by atoms with Crippen LogP contribution < -0.4 is 26.6 Å². The number of hydrazine groups is 1. The summed E-state index contributed by atoms with van der Waals surface area (Å²) in [6.45, 7) is 0. The molecule has 0 saturated carbocycles. The Hall–Kier alpha value is -4.79. The number of carbonyl (C=O) groups is 1. The number of nitrogens with zero attached hydrogens (tertiary/aromatic N) is 2. The molecule has 1 heterocycles. The average Bonchev–Trinajstić information content (AvgIpc) is 3.54. The number of para-hydroxylation sites is 2. The molecule has 11 nitrogen and oxygen atoms in total. The molecular formula is C32H31ClF6N6O5S2. The van der Waals surface area contributed by atoms with E-state index < -0.39 is 49.9 Å². The first-order chi connectivity index (χ1) is 23.7. The van der Waals surface area contributed by atoms with E-state index in [-0.39, 0.29) is 34.2 Å². The molecule has 1 aliphatic rings. The Morgan fingerprint density at radius 1 is 0.750 bits per heavy atom. The second-order valence-corrected chi connectivity index (χ2v) is 13.5. The van der Waals surface area contributed by atoms with Crippen LogP contribution in [0.5, 0.6) is 0 Å². The van der Waals surface area contributed by atoms with Crippen LogP contribution in [-0.2, 0) is 24.8 Å². The van der Waals surface area contributed by atoms with Crippen molar-refractivity contribution in [3.05, 3.63) is 126 Å². The van der Waals surface area contributed by atoms with E-state index in [4.69, 9.17) is 16.1 Å². The zero-order chi connectivity index (χ0) is 38.0. The zero-order valence-corrected chi connectivity index (χ0v) is 28.9. The van der Waals surface area contributed by atoms with Crippen LogP contribution in [0.3, 0.4) is 0 Å². The van der Waals surface area contributed by atoms with E-state index in [1.807, 2.05) is 30.3 Å². The van der Waals surface area contributed by atoms with E-state index >= 15 is 0 Å². The lowest BCUT2D eigenvalue weighted by Gasteiger charge is -2.24. The maximum Gasteiger partial charge on any atom is 0.454 e. The molecule has 0 saturated heterocycles. The first-order valence-corrected chi connectivity index (χ1v) is 17.3. The second-order valence-electron chi connectivity index (χ2n) is 10.4. The van der Waals surface area contributed by atoms with Gasteiger partial charge in [0.2, 0.25) is 20.0 Å². The van der Waals surface area contributed by atoms with Crippen molar-refractivity contribution < 1.29 is 48.0 Å². The molecule has 0 amide bonds. The minimum atomic E-state index is -4.92. The highest BCUT2D eigenvalue weighted by Gasteiger charge is 2.43. The maximum atomic E-state index is 13.1. The number of nitrogen functional groups attached to an aromatic ring is 1. The number of nitrogens with one attached hydrogen (secondary N) is 1. The topological polar surface area (TPSA) is 191 Å². The smallest absolute Gasteiger partial charge is 0.324 e. The van der Waals surface area contributed by atoms with Gasteiger partial charge in [0, 0.05) is 12.1 Å². The average molecular weight is 793 g/mol. The van der Waals surface area contributed by atoms with Gasteiger partial charge in [-0.3, -0.25) is 15.6 Å². The van der Waals surface area contributed by atoms with Gasteiger partial charge in [-0.05, 0) is 65.7 Å². The first kappa shape index (κ1) is 43.4. The van der Waals surface area contributed by atoms with Crippen LogP contribution in [0.4, 0.5) is 37.7 Å². The van der Waals surface area contributed by atoms with Crippen LogP contribution >= 0.6 is 12.4 Å². The Balaban J connectivity index is 0.000000302. The number of rotatable bonds is 7. The number of anilines is 2. The van der Waals surface area contributed by atoms with Crippen molar-refractivity contribution >= 4 is 61.4 Å². The molecule has 280 valence electrons. The second kappa shape index (κ2) is 18.1. The predicted octanol–water partition coefficient (Wildman–Crippen LogP) is 6.08. The van der Waals surface area contributed by atoms with E-state index in [1.54, 1.807) is 30.3 Å². The Morgan fingerprint density at radius 3 is 1.62 bits per heavy atom. The van der Waals surface area contributed by atoms with E-state index in [0.717, 1.165) is 23.9 Å². The molecule has 1 atom stereocenters. The van der Waals surface area contributed by atoms with Crippen molar-refractivity contribution in [3.63, 3.8) is 0 Å². The lowest BCUT2D eigenvalue weighted by atomic mass is 10.0. The molecule has 1 unspecified atom stereocenters. The molecule has 7 N–H and O–H groups in total. The number of halogens is 7. The van der Waals surface area contributed by atoms with Crippen molar-refractivity contribution in [3.8, 4) is 0 Å². The van der Waals surface area contributed by atoms with Gasteiger partial charge in [-0.1, -0.05) is 66.7 Å². The molecule has 0 spiro atoms. The van der Waals surface area contributed by atoms with E-state index in [9.17, 15) is 48.0 Å². The molecule has 20 heteroatoms. The van der Waals surface area contributed by atoms with Gasteiger partial charge < -0.3 is 5.43 Å². The summed E-state index contributed by atoms with van der Waals surface area (Å²) in [5, 5.41) is 14.9. The van der Waals surface area contributed by atoms with Gasteiger partial charge in [0.1, 0.15) is 5.71 Å². The van der Waals surface area contributed by atoms with Gasteiger partial charge in [-0.2, -0.15) is 31.4 Å². The molecule has 4 aromatic carbocycles. The number of primary sulfonamides is 2. The van der Waals surface area contributed by atoms with E-state index in [2.05, 4.69) is 10.5 Å². The SMILES string of the molecule is Cl.NNc1ccccc1.NS(=O)(=O)c1ccc(/C=C/C(=O)C(F)(F)F)cc1.NS(=O)(=O)c1ccc(C2CC(C(F)(F)F)=NN2c2ccccc2)cc1. The van der Waals surface area contributed by atoms with Crippen molar-refractivity contribution in [2.45, 2.75) is 34.6 Å². The van der Waals surface area contributed by atoms with Crippen LogP contribution in [0, 0.1) is 0 Å². The number of hydrogen-bond acceptors (Lipinski definition) is 9. The van der Waals surface area contributed by atoms with Crippen LogP contribution in [-0.4, -0.2) is 40.7 Å². The highest BCUT2D eigenvalue weighted by Crippen LogP contribution is 2.39. The summed E-state index contributed by atoms with van der Waals surface area (Å²) in [6, 6.07) is 27.6. The molecule has 1 aliphatic heterocycles. The Kier molecular flexibility index (Phi) is 15.1. The fraction of sp³-hybridized carbons (Fsp3) is 0.125. The molecule has 0 fully saturated rings. The van der Waals surface area contributed by atoms with Crippen molar-refractivity contribution in [2.24, 2.45) is 21.2 Å². The van der Waals surface area contributed by atoms with Gasteiger partial charge in [0.05, 0.1) is 21.5 Å². The number of hydrogen-bond donors (Lipinski definition) is 4. The van der Waals surface area contributed by atoms with Crippen molar-refractivity contribution in [1.29, 1.82) is 0 Å². The number of sulfonamides is 2. The Labute approximate surface area is 301 Å². The summed E-state index contributed by atoms with van der Waals surface area (Å²) < 4.78 is 119. The Morgan fingerprint density at radius 2 is 1.21 bits per heavy atom. The summed E-state index contributed by atoms with van der Waals surface area (Å²) in [5.41, 5.74) is 3.87. The number of nitrogens with two attached hydrogens (primary N) is 3. The minimum Gasteiger partial charge on any atom is -0.324 e. The van der Waals surface area contributed by atoms with Gasteiger partial charge in [0.15, 0.2) is 0 Å². The van der Waals surface area contributed by atoms with Gasteiger partial charge in [0.25, 0.3) is 5.78 Å². The maximum absolute atomic E-state index is 13.1. The third kappa shape index (κ3) is 13.1. The lowest BCUT2D eigenvalue weighted by Crippen LogP contribution is -2.21. The zero-order valence-electron chi connectivity index (χ0n) is 26.5. The summed E-state index contributed by atoms with van der Waals surface area (Å²) in [7, 11) is -7.71. The van der Waals surface area contributed by atoms with Crippen LogP contribution in [0.25, 0.3) is 6.08 Å². The third-order valence-corrected chi connectivity index (χ3v) is 8.57. The highest BCUT2D eigenvalue weighted by molar-refractivity contribution is 7.89. The molecular weight excluding hydrogens is 762 g/mol. The van der Waals surface area contributed by atoms with E-state index in [0.29, 0.717) is 17.3 Å². The summed E-state index contributed by atoms with van der Waals surface area (Å²) in [6.07, 6.45) is -8.47. The van der Waals surface area contributed by atoms with Crippen LogP contribution in [0.1, 0.15) is 23.6 Å². The summed E-state index contributed by atoms with van der Waals surface area (Å²) >= 11 is 0. The highest BCUT2D eigenvalue weighted by atomic mass is 35.5. The number of hydrazone groups is 1. The number of benzene rings is 4. The number of alkyl halides is 6. The van der Waals surface area contributed by atoms with Crippen molar-refractivity contribution in [1.82, 2.24) is 0 Å². The molecule has 0 radical (unpaired) electrons. The molecule has 52 heavy (non-hydrogen) atoms. The standard InChI is InChI=1S/C16H14F3N3O2S.C10H8F3NO3S.C6H8N2.ClH/c17-16(18,19)15-10-14(22(21-15)12-4-2-1-3-5-12)11-6-8-13(9-7-11)25(20,23)24;11-10(12,13)9(15)6-3-7-1-4-8(5-2-7)18(14,16)17;7-8-6-4-2-1-3-5-6;/h1-9,14H,10H2,(H2,20,23,24);1-6H,(H2,14,16,17);1-5,8H,7H2;1H/b;6-3+;;. The van der Waals surface area contributed by atoms with Crippen LogP contribution in [0.2, 0.25) is 0 Å². The number of allylic oxidation sites excluding steroid dienone is 1. The molecule has 0 aromatic heterocycles. The first-order valence-electron chi connectivity index (χ1n) is 14.3.